The van der Waals surface area contributed by atoms with E-state index in [1.54, 1.807) is 49.5 Å². The third kappa shape index (κ3) is 3.63. The number of rotatable bonds is 5. The van der Waals surface area contributed by atoms with Crippen molar-refractivity contribution in [3.05, 3.63) is 59.7 Å². The summed E-state index contributed by atoms with van der Waals surface area (Å²) in [5.74, 6) is 0.126. The highest BCUT2D eigenvalue weighted by atomic mass is 16.5. The second-order valence-electron chi connectivity index (χ2n) is 4.54. The zero-order valence-electron chi connectivity index (χ0n) is 12.6. The predicted molar refractivity (Wildman–Crippen MR) is 85.4 cm³/mol. The second kappa shape index (κ2) is 7.26. The number of anilines is 1. The van der Waals surface area contributed by atoms with Gasteiger partial charge in [-0.05, 0) is 43.3 Å². The first-order valence-corrected chi connectivity index (χ1v) is 7.01. The minimum Gasteiger partial charge on any atom is -0.493 e. The van der Waals surface area contributed by atoms with Gasteiger partial charge in [0.2, 0.25) is 0 Å². The molecule has 0 saturated heterocycles. The summed E-state index contributed by atoms with van der Waals surface area (Å²) in [7, 11) is 1.57. The summed E-state index contributed by atoms with van der Waals surface area (Å²) in [6.07, 6.45) is 0. The summed E-state index contributed by atoms with van der Waals surface area (Å²) in [6.45, 7) is 2.36. The minimum absolute atomic E-state index is 0.167. The Morgan fingerprint density at radius 3 is 2.32 bits per heavy atom. The zero-order valence-corrected chi connectivity index (χ0v) is 12.6. The zero-order chi connectivity index (χ0) is 15.9. The number of hydrogen-bond acceptors (Lipinski definition) is 3. The summed E-state index contributed by atoms with van der Waals surface area (Å²) in [4.78, 5) is 23.8. The molecule has 22 heavy (non-hydrogen) atoms. The third-order valence-corrected chi connectivity index (χ3v) is 3.06. The number of carbonyl (C=O) groups excluding carboxylic acids is 2. The fraction of sp³-hybridized carbons (Fsp3) is 0.176. The van der Waals surface area contributed by atoms with E-state index >= 15 is 0 Å². The monoisotopic (exact) mass is 298 g/mol. The molecule has 0 bridgehead atoms. The lowest BCUT2D eigenvalue weighted by Crippen LogP contribution is -2.18. The van der Waals surface area contributed by atoms with Crippen molar-refractivity contribution in [1.29, 1.82) is 0 Å². The molecule has 0 heterocycles. The van der Waals surface area contributed by atoms with Gasteiger partial charge < -0.3 is 15.4 Å². The molecule has 0 aliphatic heterocycles. The molecule has 0 radical (unpaired) electrons. The molecule has 0 aromatic heterocycles. The van der Waals surface area contributed by atoms with Gasteiger partial charge in [0.25, 0.3) is 11.8 Å². The van der Waals surface area contributed by atoms with Crippen LogP contribution in [0, 0.1) is 0 Å². The lowest BCUT2D eigenvalue weighted by molar-refractivity contribution is 0.0962. The summed E-state index contributed by atoms with van der Waals surface area (Å²) in [5.41, 5.74) is 1.62. The van der Waals surface area contributed by atoms with Crippen LogP contribution in [0.5, 0.6) is 5.75 Å². The van der Waals surface area contributed by atoms with Gasteiger partial charge in [-0.25, -0.2) is 0 Å². The predicted octanol–water partition coefficient (Wildman–Crippen LogP) is 2.70. The van der Waals surface area contributed by atoms with E-state index in [1.807, 2.05) is 13.0 Å². The molecular weight excluding hydrogens is 280 g/mol. The normalized spacial score (nSPS) is 9.91. The van der Waals surface area contributed by atoms with Gasteiger partial charge in [0, 0.05) is 18.3 Å². The van der Waals surface area contributed by atoms with Crippen molar-refractivity contribution in [1.82, 2.24) is 5.32 Å². The van der Waals surface area contributed by atoms with Crippen LogP contribution in [0.25, 0.3) is 0 Å². The molecule has 2 aromatic carbocycles. The summed E-state index contributed by atoms with van der Waals surface area (Å²) < 4.78 is 5.45. The van der Waals surface area contributed by atoms with Crippen LogP contribution in [-0.2, 0) is 0 Å². The number of carbonyl (C=O) groups is 2. The molecule has 2 N–H and O–H groups in total. The van der Waals surface area contributed by atoms with Crippen molar-refractivity contribution < 1.29 is 14.3 Å². The van der Waals surface area contributed by atoms with E-state index < -0.39 is 0 Å². The Morgan fingerprint density at radius 2 is 1.68 bits per heavy atom. The molecule has 0 saturated carbocycles. The molecule has 0 atom stereocenters. The van der Waals surface area contributed by atoms with Crippen molar-refractivity contribution in [2.75, 3.05) is 19.0 Å². The number of amides is 2. The molecule has 0 aliphatic rings. The molecule has 0 unspecified atom stereocenters. The Morgan fingerprint density at radius 1 is 1.00 bits per heavy atom. The first-order chi connectivity index (χ1) is 10.7. The fourth-order valence-corrected chi connectivity index (χ4v) is 1.98. The van der Waals surface area contributed by atoms with E-state index in [1.165, 1.54) is 0 Å². The summed E-state index contributed by atoms with van der Waals surface area (Å²) in [5, 5.41) is 5.34. The number of para-hydroxylation sites is 1. The van der Waals surface area contributed by atoms with Crippen LogP contribution in [0.2, 0.25) is 0 Å². The standard InChI is InChI=1S/C17H18N2O3/c1-3-22-15-7-5-4-6-14(15)17(21)19-13-10-8-12(9-11-13)16(20)18-2/h4-11H,3H2,1-2H3,(H,18,20)(H,19,21). The highest BCUT2D eigenvalue weighted by Gasteiger charge is 2.12. The third-order valence-electron chi connectivity index (χ3n) is 3.06. The van der Waals surface area contributed by atoms with Crippen LogP contribution in [0.3, 0.4) is 0 Å². The van der Waals surface area contributed by atoms with Crippen molar-refractivity contribution in [2.24, 2.45) is 0 Å². The molecule has 0 spiro atoms. The Labute approximate surface area is 129 Å². The Hall–Kier alpha value is -2.82. The number of hydrogen-bond donors (Lipinski definition) is 2. The number of nitrogens with one attached hydrogen (secondary N) is 2. The van der Waals surface area contributed by atoms with Gasteiger partial charge in [-0.2, -0.15) is 0 Å². The van der Waals surface area contributed by atoms with Crippen LogP contribution in [0.4, 0.5) is 5.69 Å². The van der Waals surface area contributed by atoms with Gasteiger partial charge in [-0.3, -0.25) is 9.59 Å². The van der Waals surface area contributed by atoms with E-state index in [9.17, 15) is 9.59 Å². The molecule has 114 valence electrons. The number of ether oxygens (including phenoxy) is 1. The van der Waals surface area contributed by atoms with E-state index in [0.717, 1.165) is 0 Å². The average molecular weight is 298 g/mol. The van der Waals surface area contributed by atoms with Crippen molar-refractivity contribution in [3.8, 4) is 5.75 Å². The summed E-state index contributed by atoms with van der Waals surface area (Å²) in [6, 6.07) is 13.8. The smallest absolute Gasteiger partial charge is 0.259 e. The lowest BCUT2D eigenvalue weighted by atomic mass is 10.1. The molecule has 0 aliphatic carbocycles. The van der Waals surface area contributed by atoms with Crippen molar-refractivity contribution in [2.45, 2.75) is 6.92 Å². The molecular formula is C17H18N2O3. The Kier molecular flexibility index (Phi) is 5.14. The SMILES string of the molecule is CCOc1ccccc1C(=O)Nc1ccc(C(=O)NC)cc1. The van der Waals surface area contributed by atoms with Crippen LogP contribution in [0.15, 0.2) is 48.5 Å². The first-order valence-electron chi connectivity index (χ1n) is 7.01. The highest BCUT2D eigenvalue weighted by molar-refractivity contribution is 6.06. The maximum absolute atomic E-state index is 12.3. The summed E-state index contributed by atoms with van der Waals surface area (Å²) >= 11 is 0. The molecule has 2 rings (SSSR count). The van der Waals surface area contributed by atoms with Crippen molar-refractivity contribution >= 4 is 17.5 Å². The molecule has 2 amide bonds. The molecule has 5 nitrogen and oxygen atoms in total. The van der Waals surface area contributed by atoms with E-state index in [0.29, 0.717) is 29.2 Å². The van der Waals surface area contributed by atoms with Gasteiger partial charge in [-0.15, -0.1) is 0 Å². The quantitative estimate of drug-likeness (QED) is 0.892. The Bertz CT molecular complexity index is 666. The van der Waals surface area contributed by atoms with Crippen LogP contribution in [0.1, 0.15) is 27.6 Å². The van der Waals surface area contributed by atoms with Gasteiger partial charge in [0.05, 0.1) is 12.2 Å². The van der Waals surface area contributed by atoms with E-state index in [4.69, 9.17) is 4.74 Å². The van der Waals surface area contributed by atoms with E-state index in [2.05, 4.69) is 10.6 Å². The van der Waals surface area contributed by atoms with Crippen molar-refractivity contribution in [3.63, 3.8) is 0 Å². The maximum atomic E-state index is 12.3. The highest BCUT2D eigenvalue weighted by Crippen LogP contribution is 2.20. The van der Waals surface area contributed by atoms with Crippen LogP contribution in [-0.4, -0.2) is 25.5 Å². The molecule has 2 aromatic rings. The largest absolute Gasteiger partial charge is 0.493 e. The van der Waals surface area contributed by atoms with Crippen LogP contribution >= 0.6 is 0 Å². The van der Waals surface area contributed by atoms with Crippen LogP contribution < -0.4 is 15.4 Å². The first kappa shape index (κ1) is 15.6. The number of benzene rings is 2. The van der Waals surface area contributed by atoms with E-state index in [-0.39, 0.29) is 11.8 Å². The van der Waals surface area contributed by atoms with Gasteiger partial charge in [0.15, 0.2) is 0 Å². The second-order valence-corrected chi connectivity index (χ2v) is 4.54. The van der Waals surface area contributed by atoms with Gasteiger partial charge >= 0.3 is 0 Å². The average Bonchev–Trinajstić information content (AvgIpc) is 2.55. The minimum atomic E-state index is -0.253. The maximum Gasteiger partial charge on any atom is 0.259 e. The lowest BCUT2D eigenvalue weighted by Gasteiger charge is -2.10. The topological polar surface area (TPSA) is 67.4 Å². The molecule has 0 fully saturated rings. The molecule has 5 heteroatoms. The van der Waals surface area contributed by atoms with Gasteiger partial charge in [0.1, 0.15) is 5.75 Å². The Balaban J connectivity index is 2.14. The fourth-order valence-electron chi connectivity index (χ4n) is 1.98. The van der Waals surface area contributed by atoms with Gasteiger partial charge in [-0.1, -0.05) is 12.1 Å².